The minimum atomic E-state index is -0.422. The maximum Gasteiger partial charge on any atom is 0.240 e. The monoisotopic (exact) mass is 236 g/mol. The van der Waals surface area contributed by atoms with E-state index in [-0.39, 0.29) is 11.3 Å². The highest BCUT2D eigenvalue weighted by molar-refractivity contribution is 5.83. The van der Waals surface area contributed by atoms with Crippen LogP contribution in [0.25, 0.3) is 0 Å². The largest absolute Gasteiger partial charge is 0.497 e. The SMILES string of the molecule is COc1cccc(NC(C(N)=O)C(C)(C)C)c1. The number of nitrogens with two attached hydrogens (primary N) is 1. The molecule has 0 radical (unpaired) electrons. The van der Waals surface area contributed by atoms with Crippen molar-refractivity contribution in [3.8, 4) is 5.75 Å². The van der Waals surface area contributed by atoms with E-state index in [9.17, 15) is 4.79 Å². The van der Waals surface area contributed by atoms with E-state index < -0.39 is 6.04 Å². The quantitative estimate of drug-likeness (QED) is 0.840. The van der Waals surface area contributed by atoms with Gasteiger partial charge in [0, 0.05) is 11.8 Å². The Morgan fingerprint density at radius 2 is 2.06 bits per heavy atom. The van der Waals surface area contributed by atoms with E-state index in [1.807, 2.05) is 45.0 Å². The molecule has 1 rings (SSSR count). The third kappa shape index (κ3) is 3.66. The third-order valence-corrected chi connectivity index (χ3v) is 2.53. The summed E-state index contributed by atoms with van der Waals surface area (Å²) in [5.41, 5.74) is 5.99. The zero-order chi connectivity index (χ0) is 13.1. The van der Waals surface area contributed by atoms with Gasteiger partial charge in [0.1, 0.15) is 11.8 Å². The van der Waals surface area contributed by atoms with Crippen LogP contribution in [-0.2, 0) is 4.79 Å². The predicted molar refractivity (Wildman–Crippen MR) is 69.1 cm³/mol. The molecule has 0 heterocycles. The first-order valence-electron chi connectivity index (χ1n) is 5.54. The number of hydrogen-bond acceptors (Lipinski definition) is 3. The van der Waals surface area contributed by atoms with E-state index in [0.717, 1.165) is 11.4 Å². The van der Waals surface area contributed by atoms with Gasteiger partial charge in [0.2, 0.25) is 5.91 Å². The van der Waals surface area contributed by atoms with Gasteiger partial charge in [-0.1, -0.05) is 26.8 Å². The number of benzene rings is 1. The Morgan fingerprint density at radius 1 is 1.41 bits per heavy atom. The van der Waals surface area contributed by atoms with Gasteiger partial charge >= 0.3 is 0 Å². The number of anilines is 1. The van der Waals surface area contributed by atoms with Crippen molar-refractivity contribution >= 4 is 11.6 Å². The highest BCUT2D eigenvalue weighted by Gasteiger charge is 2.29. The molecular formula is C13H20N2O2. The van der Waals surface area contributed by atoms with E-state index >= 15 is 0 Å². The number of primary amides is 1. The lowest BCUT2D eigenvalue weighted by atomic mass is 9.86. The second-order valence-electron chi connectivity index (χ2n) is 5.08. The molecule has 0 aliphatic carbocycles. The second kappa shape index (κ2) is 5.08. The summed E-state index contributed by atoms with van der Waals surface area (Å²) in [4.78, 5) is 11.4. The van der Waals surface area contributed by atoms with Gasteiger partial charge in [0.05, 0.1) is 7.11 Å². The number of amides is 1. The molecule has 1 unspecified atom stereocenters. The maximum atomic E-state index is 11.4. The van der Waals surface area contributed by atoms with Gasteiger partial charge in [-0.25, -0.2) is 0 Å². The van der Waals surface area contributed by atoms with Crippen LogP contribution in [0.2, 0.25) is 0 Å². The van der Waals surface area contributed by atoms with Gasteiger partial charge < -0.3 is 15.8 Å². The number of rotatable bonds is 4. The first-order valence-corrected chi connectivity index (χ1v) is 5.54. The molecule has 1 aromatic rings. The van der Waals surface area contributed by atoms with Gasteiger partial charge in [-0.05, 0) is 17.5 Å². The Kier molecular flexibility index (Phi) is 3.99. The smallest absolute Gasteiger partial charge is 0.240 e. The zero-order valence-electron chi connectivity index (χ0n) is 10.8. The first kappa shape index (κ1) is 13.4. The Hall–Kier alpha value is -1.71. The van der Waals surface area contributed by atoms with E-state index in [1.165, 1.54) is 0 Å². The van der Waals surface area contributed by atoms with Gasteiger partial charge in [0.15, 0.2) is 0 Å². The summed E-state index contributed by atoms with van der Waals surface area (Å²) in [5.74, 6) is 0.382. The van der Waals surface area contributed by atoms with Crippen molar-refractivity contribution in [3.63, 3.8) is 0 Å². The van der Waals surface area contributed by atoms with Crippen molar-refractivity contribution in [1.82, 2.24) is 0 Å². The molecular weight excluding hydrogens is 216 g/mol. The lowest BCUT2D eigenvalue weighted by molar-refractivity contribution is -0.120. The van der Waals surface area contributed by atoms with Crippen LogP contribution in [0.4, 0.5) is 5.69 Å². The van der Waals surface area contributed by atoms with Crippen molar-refractivity contribution in [3.05, 3.63) is 24.3 Å². The van der Waals surface area contributed by atoms with Crippen molar-refractivity contribution < 1.29 is 9.53 Å². The molecule has 0 aliphatic rings. The molecule has 4 heteroatoms. The molecule has 4 nitrogen and oxygen atoms in total. The molecule has 0 aromatic heterocycles. The molecule has 0 aliphatic heterocycles. The highest BCUT2D eigenvalue weighted by atomic mass is 16.5. The summed E-state index contributed by atoms with van der Waals surface area (Å²) in [5, 5.41) is 3.14. The molecule has 94 valence electrons. The van der Waals surface area contributed by atoms with Crippen molar-refractivity contribution in [2.45, 2.75) is 26.8 Å². The Labute approximate surface area is 102 Å². The molecule has 1 atom stereocenters. The lowest BCUT2D eigenvalue weighted by Crippen LogP contribution is -2.45. The topological polar surface area (TPSA) is 64.3 Å². The molecule has 17 heavy (non-hydrogen) atoms. The van der Waals surface area contributed by atoms with E-state index in [1.54, 1.807) is 7.11 Å². The average molecular weight is 236 g/mol. The van der Waals surface area contributed by atoms with Gasteiger partial charge in [0.25, 0.3) is 0 Å². The maximum absolute atomic E-state index is 11.4. The Bertz CT molecular complexity index is 397. The minimum absolute atomic E-state index is 0.241. The molecule has 0 fully saturated rings. The lowest BCUT2D eigenvalue weighted by Gasteiger charge is -2.29. The van der Waals surface area contributed by atoms with Crippen LogP contribution in [0.1, 0.15) is 20.8 Å². The van der Waals surface area contributed by atoms with Gasteiger partial charge in [-0.2, -0.15) is 0 Å². The summed E-state index contributed by atoms with van der Waals surface area (Å²) in [7, 11) is 1.61. The number of carbonyl (C=O) groups excluding carboxylic acids is 1. The van der Waals surface area contributed by atoms with E-state index in [0.29, 0.717) is 0 Å². The predicted octanol–water partition coefficient (Wildman–Crippen LogP) is 2.01. The average Bonchev–Trinajstić information content (AvgIpc) is 2.24. The van der Waals surface area contributed by atoms with Crippen LogP contribution in [0.5, 0.6) is 5.75 Å². The fourth-order valence-electron chi connectivity index (χ4n) is 1.59. The van der Waals surface area contributed by atoms with Crippen molar-refractivity contribution in [2.24, 2.45) is 11.1 Å². The summed E-state index contributed by atoms with van der Waals surface area (Å²) in [6.07, 6.45) is 0. The number of methoxy groups -OCH3 is 1. The minimum Gasteiger partial charge on any atom is -0.497 e. The standard InChI is InChI=1S/C13H20N2O2/c1-13(2,3)11(12(14)16)15-9-6-5-7-10(8-9)17-4/h5-8,11,15H,1-4H3,(H2,14,16). The van der Waals surface area contributed by atoms with Crippen LogP contribution in [0.3, 0.4) is 0 Å². The number of hydrogen-bond donors (Lipinski definition) is 2. The van der Waals surface area contributed by atoms with Crippen LogP contribution >= 0.6 is 0 Å². The molecule has 1 aromatic carbocycles. The van der Waals surface area contributed by atoms with Gasteiger partial charge in [-0.15, -0.1) is 0 Å². The van der Waals surface area contributed by atoms with E-state index in [2.05, 4.69) is 5.32 Å². The van der Waals surface area contributed by atoms with Crippen LogP contribution < -0.4 is 15.8 Å². The Balaban J connectivity index is 2.90. The highest BCUT2D eigenvalue weighted by Crippen LogP contribution is 2.24. The second-order valence-corrected chi connectivity index (χ2v) is 5.08. The fraction of sp³-hybridized carbons (Fsp3) is 0.462. The van der Waals surface area contributed by atoms with Crippen LogP contribution in [0.15, 0.2) is 24.3 Å². The summed E-state index contributed by atoms with van der Waals surface area (Å²) >= 11 is 0. The van der Waals surface area contributed by atoms with E-state index in [4.69, 9.17) is 10.5 Å². The normalized spacial score (nSPS) is 12.9. The Morgan fingerprint density at radius 3 is 2.53 bits per heavy atom. The van der Waals surface area contributed by atoms with Crippen LogP contribution in [0, 0.1) is 5.41 Å². The van der Waals surface area contributed by atoms with Crippen LogP contribution in [-0.4, -0.2) is 19.1 Å². The molecule has 0 saturated carbocycles. The number of carbonyl (C=O) groups is 1. The fourth-order valence-corrected chi connectivity index (χ4v) is 1.59. The molecule has 0 bridgehead atoms. The number of ether oxygens (including phenoxy) is 1. The van der Waals surface area contributed by atoms with Crippen molar-refractivity contribution in [2.75, 3.05) is 12.4 Å². The summed E-state index contributed by atoms with van der Waals surface area (Å²) in [6.45, 7) is 5.90. The molecule has 0 spiro atoms. The zero-order valence-corrected chi connectivity index (χ0v) is 10.8. The van der Waals surface area contributed by atoms with Crippen molar-refractivity contribution in [1.29, 1.82) is 0 Å². The summed E-state index contributed by atoms with van der Waals surface area (Å²) < 4.78 is 5.13. The first-order chi connectivity index (χ1) is 7.84. The van der Waals surface area contributed by atoms with Gasteiger partial charge in [-0.3, -0.25) is 4.79 Å². The number of nitrogens with one attached hydrogen (secondary N) is 1. The molecule has 0 saturated heterocycles. The third-order valence-electron chi connectivity index (χ3n) is 2.53. The molecule has 1 amide bonds. The summed E-state index contributed by atoms with van der Waals surface area (Å²) in [6, 6.07) is 7.00. The molecule has 3 N–H and O–H groups in total.